The van der Waals surface area contributed by atoms with Gasteiger partial charge < -0.3 is 11.1 Å². The molecule has 3 N–H and O–H groups in total. The van der Waals surface area contributed by atoms with Crippen molar-refractivity contribution in [3.8, 4) is 0 Å². The molecule has 0 radical (unpaired) electrons. The van der Waals surface area contributed by atoms with Crippen LogP contribution in [-0.4, -0.2) is 19.0 Å². The Kier molecular flexibility index (Phi) is 5.81. The standard InChI is InChI=1S/C13H26N2O/c1-10-3-5-12(6-4-10)9-15-13(16)11(2)7-8-14/h10-12H,3-9,14H2,1-2H3,(H,15,16). The van der Waals surface area contributed by atoms with Crippen molar-refractivity contribution in [2.24, 2.45) is 23.5 Å². The molecule has 0 saturated heterocycles. The summed E-state index contributed by atoms with van der Waals surface area (Å²) in [4.78, 5) is 11.7. The van der Waals surface area contributed by atoms with Crippen LogP contribution < -0.4 is 11.1 Å². The highest BCUT2D eigenvalue weighted by atomic mass is 16.1. The smallest absolute Gasteiger partial charge is 0.222 e. The summed E-state index contributed by atoms with van der Waals surface area (Å²) < 4.78 is 0. The van der Waals surface area contributed by atoms with E-state index in [9.17, 15) is 4.79 Å². The molecule has 3 heteroatoms. The number of amides is 1. The third-order valence-corrected chi connectivity index (χ3v) is 3.75. The Hall–Kier alpha value is -0.570. The van der Waals surface area contributed by atoms with Crippen molar-refractivity contribution in [2.45, 2.75) is 46.0 Å². The van der Waals surface area contributed by atoms with Gasteiger partial charge in [-0.05, 0) is 37.6 Å². The molecule has 1 aliphatic carbocycles. The lowest BCUT2D eigenvalue weighted by Crippen LogP contribution is -2.35. The molecule has 0 heterocycles. The van der Waals surface area contributed by atoms with Crippen LogP contribution in [0.15, 0.2) is 0 Å². The Labute approximate surface area is 99.2 Å². The van der Waals surface area contributed by atoms with Gasteiger partial charge in [-0.3, -0.25) is 4.79 Å². The maximum Gasteiger partial charge on any atom is 0.222 e. The van der Waals surface area contributed by atoms with Crippen LogP contribution >= 0.6 is 0 Å². The minimum Gasteiger partial charge on any atom is -0.356 e. The summed E-state index contributed by atoms with van der Waals surface area (Å²) in [7, 11) is 0. The lowest BCUT2D eigenvalue weighted by molar-refractivity contribution is -0.124. The molecule has 1 aliphatic rings. The van der Waals surface area contributed by atoms with E-state index in [1.54, 1.807) is 0 Å². The minimum atomic E-state index is 0.0625. The second-order valence-electron chi connectivity index (χ2n) is 5.35. The molecule has 1 fully saturated rings. The van der Waals surface area contributed by atoms with Crippen LogP contribution in [0.25, 0.3) is 0 Å². The fraction of sp³-hybridized carbons (Fsp3) is 0.923. The highest BCUT2D eigenvalue weighted by molar-refractivity contribution is 5.78. The number of hydrogen-bond acceptors (Lipinski definition) is 2. The first-order valence-electron chi connectivity index (χ1n) is 6.61. The molecule has 1 unspecified atom stereocenters. The van der Waals surface area contributed by atoms with Crippen molar-refractivity contribution in [1.29, 1.82) is 0 Å². The Morgan fingerprint density at radius 3 is 2.56 bits per heavy atom. The highest BCUT2D eigenvalue weighted by Gasteiger charge is 2.19. The molecule has 0 aromatic carbocycles. The summed E-state index contributed by atoms with van der Waals surface area (Å²) >= 11 is 0. The second-order valence-corrected chi connectivity index (χ2v) is 5.35. The molecule has 1 amide bonds. The third-order valence-electron chi connectivity index (χ3n) is 3.75. The van der Waals surface area contributed by atoms with Gasteiger partial charge >= 0.3 is 0 Å². The van der Waals surface area contributed by atoms with Crippen LogP contribution in [0.3, 0.4) is 0 Å². The van der Waals surface area contributed by atoms with E-state index in [1.807, 2.05) is 6.92 Å². The van der Waals surface area contributed by atoms with Gasteiger partial charge in [-0.1, -0.05) is 26.7 Å². The Bertz CT molecular complexity index is 210. The molecule has 1 atom stereocenters. The second kappa shape index (κ2) is 6.89. The zero-order chi connectivity index (χ0) is 12.0. The van der Waals surface area contributed by atoms with Crippen molar-refractivity contribution < 1.29 is 4.79 Å². The fourth-order valence-electron chi connectivity index (χ4n) is 2.33. The minimum absolute atomic E-state index is 0.0625. The maximum absolute atomic E-state index is 11.7. The van der Waals surface area contributed by atoms with E-state index in [0.29, 0.717) is 12.5 Å². The topological polar surface area (TPSA) is 55.1 Å². The Morgan fingerprint density at radius 2 is 2.00 bits per heavy atom. The molecule has 1 rings (SSSR count). The van der Waals surface area contributed by atoms with Crippen LogP contribution in [0.4, 0.5) is 0 Å². The van der Waals surface area contributed by atoms with Crippen LogP contribution in [0, 0.1) is 17.8 Å². The Morgan fingerprint density at radius 1 is 1.38 bits per heavy atom. The Balaban J connectivity index is 2.16. The maximum atomic E-state index is 11.7. The molecule has 16 heavy (non-hydrogen) atoms. The van der Waals surface area contributed by atoms with Gasteiger partial charge in [-0.15, -0.1) is 0 Å². The van der Waals surface area contributed by atoms with Gasteiger partial charge in [0.1, 0.15) is 0 Å². The lowest BCUT2D eigenvalue weighted by atomic mass is 9.83. The molecule has 3 nitrogen and oxygen atoms in total. The van der Waals surface area contributed by atoms with E-state index >= 15 is 0 Å². The number of carbonyl (C=O) groups excluding carboxylic acids is 1. The summed E-state index contributed by atoms with van der Waals surface area (Å²) in [6.07, 6.45) is 5.96. The number of rotatable bonds is 5. The van der Waals surface area contributed by atoms with Crippen LogP contribution in [0.5, 0.6) is 0 Å². The monoisotopic (exact) mass is 226 g/mol. The summed E-state index contributed by atoms with van der Waals surface area (Å²) in [6.45, 7) is 5.72. The van der Waals surface area contributed by atoms with Gasteiger partial charge in [0.25, 0.3) is 0 Å². The molecule has 0 aromatic heterocycles. The third kappa shape index (κ3) is 4.52. The van der Waals surface area contributed by atoms with Gasteiger partial charge in [-0.2, -0.15) is 0 Å². The number of nitrogens with one attached hydrogen (secondary N) is 1. The van der Waals surface area contributed by atoms with E-state index in [0.717, 1.165) is 18.9 Å². The summed E-state index contributed by atoms with van der Waals surface area (Å²) in [5.41, 5.74) is 5.44. The van der Waals surface area contributed by atoms with Crippen LogP contribution in [0.1, 0.15) is 46.0 Å². The highest BCUT2D eigenvalue weighted by Crippen LogP contribution is 2.27. The normalized spacial score (nSPS) is 27.4. The predicted octanol–water partition coefficient (Wildman–Crippen LogP) is 1.91. The summed E-state index contributed by atoms with van der Waals surface area (Å²) in [5.74, 6) is 1.81. The molecule has 0 aliphatic heterocycles. The lowest BCUT2D eigenvalue weighted by Gasteiger charge is -2.26. The van der Waals surface area contributed by atoms with Gasteiger partial charge in [0.2, 0.25) is 5.91 Å². The van der Waals surface area contributed by atoms with Crippen molar-refractivity contribution in [3.05, 3.63) is 0 Å². The van der Waals surface area contributed by atoms with Crippen LogP contribution in [-0.2, 0) is 4.79 Å². The number of nitrogens with two attached hydrogens (primary N) is 1. The molecule has 0 aromatic rings. The molecule has 0 bridgehead atoms. The predicted molar refractivity (Wildman–Crippen MR) is 67.0 cm³/mol. The molecule has 1 saturated carbocycles. The van der Waals surface area contributed by atoms with Crippen molar-refractivity contribution >= 4 is 5.91 Å². The van der Waals surface area contributed by atoms with Crippen molar-refractivity contribution in [1.82, 2.24) is 5.32 Å². The largest absolute Gasteiger partial charge is 0.356 e. The van der Waals surface area contributed by atoms with E-state index in [-0.39, 0.29) is 11.8 Å². The zero-order valence-electron chi connectivity index (χ0n) is 10.7. The van der Waals surface area contributed by atoms with Gasteiger partial charge in [0.15, 0.2) is 0 Å². The molecule has 94 valence electrons. The molecular weight excluding hydrogens is 200 g/mol. The van der Waals surface area contributed by atoms with Crippen molar-refractivity contribution in [2.75, 3.05) is 13.1 Å². The number of carbonyl (C=O) groups is 1. The average molecular weight is 226 g/mol. The molecular formula is C13H26N2O. The van der Waals surface area contributed by atoms with E-state index in [2.05, 4.69) is 12.2 Å². The summed E-state index contributed by atoms with van der Waals surface area (Å²) in [5, 5.41) is 3.06. The average Bonchev–Trinajstić information content (AvgIpc) is 2.28. The van der Waals surface area contributed by atoms with E-state index in [4.69, 9.17) is 5.73 Å². The number of hydrogen-bond donors (Lipinski definition) is 2. The van der Waals surface area contributed by atoms with E-state index in [1.165, 1.54) is 25.7 Å². The summed E-state index contributed by atoms with van der Waals surface area (Å²) in [6, 6.07) is 0. The van der Waals surface area contributed by atoms with Gasteiger partial charge in [0, 0.05) is 12.5 Å². The SMILES string of the molecule is CC1CCC(CNC(=O)C(C)CCN)CC1. The molecule has 0 spiro atoms. The van der Waals surface area contributed by atoms with E-state index < -0.39 is 0 Å². The van der Waals surface area contributed by atoms with Gasteiger partial charge in [0.05, 0.1) is 0 Å². The first kappa shape index (κ1) is 13.5. The first-order valence-corrected chi connectivity index (χ1v) is 6.61. The fourth-order valence-corrected chi connectivity index (χ4v) is 2.33. The first-order chi connectivity index (χ1) is 7.63. The van der Waals surface area contributed by atoms with Gasteiger partial charge in [-0.25, -0.2) is 0 Å². The van der Waals surface area contributed by atoms with Crippen molar-refractivity contribution in [3.63, 3.8) is 0 Å². The zero-order valence-corrected chi connectivity index (χ0v) is 10.7. The van der Waals surface area contributed by atoms with Crippen LogP contribution in [0.2, 0.25) is 0 Å². The quantitative estimate of drug-likeness (QED) is 0.752.